The molecule has 0 aromatic heterocycles. The predicted molar refractivity (Wildman–Crippen MR) is 367 cm³/mol. The molecule has 0 aliphatic rings. The van der Waals surface area contributed by atoms with E-state index in [0.717, 1.165) is 121 Å². The topological polar surface area (TPSA) is 237 Å². The molecule has 0 fully saturated rings. The van der Waals surface area contributed by atoms with Crippen molar-refractivity contribution in [3.8, 4) is 0 Å². The van der Waals surface area contributed by atoms with Crippen LogP contribution in [0.2, 0.25) is 0 Å². The van der Waals surface area contributed by atoms with Crippen molar-refractivity contribution in [1.82, 2.24) is 0 Å². The Morgan fingerprint density at radius 2 is 0.648 bits per heavy atom. The smallest absolute Gasteiger partial charge is 0.462 e. The van der Waals surface area contributed by atoms with Gasteiger partial charge in [0.2, 0.25) is 0 Å². The Bertz CT molecular complexity index is 1860. The number of unbranched alkanes of at least 4 members (excludes halogenated alkanes) is 35. The standard InChI is InChI=1S/C72H136O17P2/c1-7-10-12-14-16-18-20-21-22-23-29-33-37-45-51-57-72(77)88-67(60-82-69(74)54-48-42-35-31-28-25-24-27-30-34-40-46-52-64(4)5)62-86-90(78,79)84-58-66(73)59-85-91(80,81)87-63-68(61-83-70(75)55-49-43-39-38-41-47-53-65(6)9-3)89-71(76)56-50-44-36-32-26-19-17-15-13-11-8-2/h18,20-22,64-68,73H,7-17,19,23-63H2,1-6H3,(H,78,79)(H,80,81)/b20-18-,22-21-/t65?,66-,67-,68-/m1/s1. The van der Waals surface area contributed by atoms with Crippen molar-refractivity contribution in [2.24, 2.45) is 11.8 Å². The van der Waals surface area contributed by atoms with Crippen molar-refractivity contribution in [2.45, 2.75) is 362 Å². The van der Waals surface area contributed by atoms with E-state index >= 15 is 0 Å². The molecule has 6 atom stereocenters. The fourth-order valence-corrected chi connectivity index (χ4v) is 12.0. The lowest BCUT2D eigenvalue weighted by Crippen LogP contribution is -2.30. The SMILES string of the molecule is CCCCCC/C=C\C=C/CCCCCCCC(=O)O[C@H](COC(=O)CCCCCCCCCCCCCCC(C)C)COP(=O)(O)OC[C@@H](O)COP(=O)(O)OC[C@@H](COC(=O)CCCCCCCCC(C)CC)OC(=O)CCCCCCCCCCCCC. The molecule has 0 aromatic rings. The van der Waals surface area contributed by atoms with Gasteiger partial charge in [-0.05, 0) is 63.2 Å². The quantitative estimate of drug-likeness (QED) is 0.0169. The van der Waals surface area contributed by atoms with Gasteiger partial charge in [0.1, 0.15) is 19.3 Å². The maximum absolute atomic E-state index is 13.0. The van der Waals surface area contributed by atoms with Gasteiger partial charge in [0.15, 0.2) is 12.2 Å². The van der Waals surface area contributed by atoms with Crippen LogP contribution in [-0.4, -0.2) is 96.7 Å². The monoisotopic (exact) mass is 1330 g/mol. The van der Waals surface area contributed by atoms with Gasteiger partial charge in [-0.15, -0.1) is 0 Å². The van der Waals surface area contributed by atoms with E-state index in [4.69, 9.17) is 37.0 Å². The molecule has 0 saturated heterocycles. The van der Waals surface area contributed by atoms with Crippen LogP contribution in [0, 0.1) is 11.8 Å². The number of hydrogen-bond acceptors (Lipinski definition) is 15. The van der Waals surface area contributed by atoms with Crippen LogP contribution in [0.5, 0.6) is 0 Å². The molecule has 0 spiro atoms. The van der Waals surface area contributed by atoms with Crippen LogP contribution in [0.15, 0.2) is 24.3 Å². The molecule has 0 saturated carbocycles. The number of rotatable bonds is 69. The van der Waals surface area contributed by atoms with E-state index in [9.17, 15) is 43.2 Å². The Hall–Kier alpha value is -2.46. The number of aliphatic hydroxyl groups excluding tert-OH is 1. The molecule has 0 rings (SSSR count). The molecule has 536 valence electrons. The summed E-state index contributed by atoms with van der Waals surface area (Å²) in [6, 6.07) is 0. The number of phosphoric acid groups is 2. The van der Waals surface area contributed by atoms with Crippen LogP contribution in [0.1, 0.15) is 343 Å². The highest BCUT2D eigenvalue weighted by atomic mass is 31.2. The van der Waals surface area contributed by atoms with Gasteiger partial charge in [0.25, 0.3) is 0 Å². The van der Waals surface area contributed by atoms with E-state index in [-0.39, 0.29) is 25.7 Å². The summed E-state index contributed by atoms with van der Waals surface area (Å²) in [5.74, 6) is -0.644. The number of ether oxygens (including phenoxy) is 4. The Morgan fingerprint density at radius 1 is 0.363 bits per heavy atom. The summed E-state index contributed by atoms with van der Waals surface area (Å²) in [5.41, 5.74) is 0. The van der Waals surface area contributed by atoms with Gasteiger partial charge in [-0.1, -0.05) is 291 Å². The molecule has 0 bridgehead atoms. The highest BCUT2D eigenvalue weighted by Crippen LogP contribution is 2.45. The van der Waals surface area contributed by atoms with Crippen molar-refractivity contribution in [3.05, 3.63) is 24.3 Å². The van der Waals surface area contributed by atoms with Crippen LogP contribution in [0.3, 0.4) is 0 Å². The van der Waals surface area contributed by atoms with Crippen LogP contribution in [0.4, 0.5) is 0 Å². The first-order chi connectivity index (χ1) is 43.9. The molecular formula is C72H136O17P2. The Morgan fingerprint density at radius 3 is 0.989 bits per heavy atom. The summed E-state index contributed by atoms with van der Waals surface area (Å²) >= 11 is 0. The van der Waals surface area contributed by atoms with Crippen molar-refractivity contribution < 1.29 is 80.2 Å². The van der Waals surface area contributed by atoms with Gasteiger partial charge < -0.3 is 33.8 Å². The number of hydrogen-bond donors (Lipinski definition) is 3. The average molecular weight is 1340 g/mol. The summed E-state index contributed by atoms with van der Waals surface area (Å²) in [6.07, 6.45) is 52.1. The van der Waals surface area contributed by atoms with E-state index in [2.05, 4.69) is 65.8 Å². The second kappa shape index (κ2) is 63.6. The lowest BCUT2D eigenvalue weighted by atomic mass is 10.00. The average Bonchev–Trinajstić information content (AvgIpc) is 2.43. The minimum Gasteiger partial charge on any atom is -0.462 e. The molecule has 91 heavy (non-hydrogen) atoms. The van der Waals surface area contributed by atoms with Crippen molar-refractivity contribution in [3.63, 3.8) is 0 Å². The van der Waals surface area contributed by atoms with Gasteiger partial charge in [-0.3, -0.25) is 37.3 Å². The third-order valence-corrected chi connectivity index (χ3v) is 18.3. The Balaban J connectivity index is 5.29. The van der Waals surface area contributed by atoms with Crippen LogP contribution < -0.4 is 0 Å². The summed E-state index contributed by atoms with van der Waals surface area (Å²) < 4.78 is 68.3. The minimum atomic E-state index is -4.96. The largest absolute Gasteiger partial charge is 0.472 e. The second-order valence-electron chi connectivity index (χ2n) is 26.0. The maximum atomic E-state index is 13.0. The molecule has 0 amide bonds. The van der Waals surface area contributed by atoms with Gasteiger partial charge in [-0.25, -0.2) is 9.13 Å². The van der Waals surface area contributed by atoms with Crippen LogP contribution in [0.25, 0.3) is 0 Å². The molecule has 0 radical (unpaired) electrons. The first-order valence-corrected chi connectivity index (χ1v) is 39.8. The molecule has 0 aliphatic carbocycles. The number of aliphatic hydroxyl groups is 1. The molecule has 0 aliphatic heterocycles. The first kappa shape index (κ1) is 88.5. The number of esters is 4. The molecular weight excluding hydrogens is 1200 g/mol. The summed E-state index contributed by atoms with van der Waals surface area (Å²) in [4.78, 5) is 72.6. The fraction of sp³-hybridized carbons (Fsp3) is 0.889. The first-order valence-electron chi connectivity index (χ1n) is 36.8. The minimum absolute atomic E-state index is 0.0849. The number of allylic oxidation sites excluding steroid dienone is 4. The zero-order valence-electron chi connectivity index (χ0n) is 58.6. The predicted octanol–water partition coefficient (Wildman–Crippen LogP) is 20.3. The van der Waals surface area contributed by atoms with Crippen molar-refractivity contribution in [1.29, 1.82) is 0 Å². The number of phosphoric ester groups is 2. The third-order valence-electron chi connectivity index (χ3n) is 16.4. The van der Waals surface area contributed by atoms with E-state index < -0.39 is 97.5 Å². The molecule has 17 nitrogen and oxygen atoms in total. The highest BCUT2D eigenvalue weighted by molar-refractivity contribution is 7.47. The van der Waals surface area contributed by atoms with Gasteiger partial charge in [-0.2, -0.15) is 0 Å². The molecule has 3 N–H and O–H groups in total. The van der Waals surface area contributed by atoms with Crippen LogP contribution >= 0.6 is 15.6 Å². The fourth-order valence-electron chi connectivity index (χ4n) is 10.4. The number of carbonyl (C=O) groups is 4. The molecule has 0 aromatic carbocycles. The Kier molecular flexibility index (Phi) is 61.9. The maximum Gasteiger partial charge on any atom is 0.472 e. The Labute approximate surface area is 554 Å². The van der Waals surface area contributed by atoms with Gasteiger partial charge >= 0.3 is 39.5 Å². The summed E-state index contributed by atoms with van der Waals surface area (Å²) in [5, 5.41) is 10.6. The van der Waals surface area contributed by atoms with E-state index in [1.54, 1.807) is 0 Å². The lowest BCUT2D eigenvalue weighted by Gasteiger charge is -2.21. The number of carbonyl (C=O) groups excluding carboxylic acids is 4. The van der Waals surface area contributed by atoms with Crippen molar-refractivity contribution >= 4 is 39.5 Å². The second-order valence-corrected chi connectivity index (χ2v) is 28.9. The highest BCUT2D eigenvalue weighted by Gasteiger charge is 2.30. The normalized spacial score (nSPS) is 14.6. The van der Waals surface area contributed by atoms with E-state index in [0.29, 0.717) is 25.7 Å². The van der Waals surface area contributed by atoms with Crippen LogP contribution in [-0.2, 0) is 65.4 Å². The molecule has 3 unspecified atom stereocenters. The van der Waals surface area contributed by atoms with Crippen molar-refractivity contribution in [2.75, 3.05) is 39.6 Å². The van der Waals surface area contributed by atoms with Gasteiger partial charge in [0.05, 0.1) is 26.4 Å². The summed E-state index contributed by atoms with van der Waals surface area (Å²) in [7, 11) is -9.92. The molecule has 0 heterocycles. The van der Waals surface area contributed by atoms with E-state index in [1.807, 2.05) is 0 Å². The zero-order chi connectivity index (χ0) is 67.2. The lowest BCUT2D eigenvalue weighted by molar-refractivity contribution is -0.161. The van der Waals surface area contributed by atoms with E-state index in [1.165, 1.54) is 141 Å². The summed E-state index contributed by atoms with van der Waals surface area (Å²) in [6.45, 7) is 9.46. The molecule has 19 heteroatoms. The third kappa shape index (κ3) is 64.6. The zero-order valence-corrected chi connectivity index (χ0v) is 60.4. The van der Waals surface area contributed by atoms with Gasteiger partial charge in [0, 0.05) is 25.7 Å².